The topological polar surface area (TPSA) is 46.7 Å². The summed E-state index contributed by atoms with van der Waals surface area (Å²) in [5.74, 6) is -4.41. The van der Waals surface area contributed by atoms with Gasteiger partial charge in [-0.3, -0.25) is 0 Å². The van der Waals surface area contributed by atoms with Crippen LogP contribution in [0.4, 0.5) is 71.2 Å². The van der Waals surface area contributed by atoms with Gasteiger partial charge in [-0.05, 0) is 64.6 Å². The number of hydrogen-bond acceptors (Lipinski definition) is 9. The predicted molar refractivity (Wildman–Crippen MR) is 344 cm³/mol. The van der Waals surface area contributed by atoms with Gasteiger partial charge in [0.2, 0.25) is 0 Å². The van der Waals surface area contributed by atoms with Crippen LogP contribution in [0.1, 0.15) is 79.6 Å². The Labute approximate surface area is 499 Å². The molecule has 1 unspecified atom stereocenters. The van der Waals surface area contributed by atoms with Crippen LogP contribution in [0.25, 0.3) is 0 Å². The minimum atomic E-state index is -4.55. The Morgan fingerprint density at radius 3 is 1.06 bits per heavy atom. The van der Waals surface area contributed by atoms with Gasteiger partial charge in [-0.25, -0.2) is 0 Å². The van der Waals surface area contributed by atoms with Gasteiger partial charge in [0.25, 0.3) is 0 Å². The number of anilines is 7. The Balaban J connectivity index is 0.000000396. The monoisotopic (exact) mass is 1190 g/mol. The Morgan fingerprint density at radius 1 is 0.424 bits per heavy atom. The van der Waals surface area contributed by atoms with Gasteiger partial charge in [0.1, 0.15) is 0 Å². The fourth-order valence-corrected chi connectivity index (χ4v) is 14.4. The second kappa shape index (κ2) is 29.0. The van der Waals surface area contributed by atoms with E-state index in [-0.39, 0.29) is 21.3 Å². The molecule has 0 heterocycles. The van der Waals surface area contributed by atoms with Gasteiger partial charge >= 0.3 is 363 Å². The van der Waals surface area contributed by atoms with Crippen molar-refractivity contribution in [3.8, 4) is 0 Å². The SMILES string of the molecule is CCCCNC(C)(C)CCCCNC1(CC)C=CC=C1CC.C[PH](C)(C)C(N(F)c1ccccc1)(N(F)c1ccccc1)C(N(F)c1ccccc1)(N(F)c1ccccc1)C(N(F)c1ccccc1)(N(F)c1ccccc1)N(F)c1ccccc1. The summed E-state index contributed by atoms with van der Waals surface area (Å²) in [5.41, 5.74) is -6.77. The number of rotatable bonds is 29. The van der Waals surface area contributed by atoms with Crippen molar-refractivity contribution in [3.63, 3.8) is 0 Å². The van der Waals surface area contributed by atoms with Crippen LogP contribution in [0.2, 0.25) is 0 Å². The fraction of sp³-hybridized carbons (Fsp3) is 0.324. The molecular formula is C68H83F7N9P. The Morgan fingerprint density at radius 2 is 0.753 bits per heavy atom. The number of nitrogens with zero attached hydrogens (tertiary/aromatic N) is 7. The van der Waals surface area contributed by atoms with Crippen molar-refractivity contribution < 1.29 is 31.4 Å². The molecule has 85 heavy (non-hydrogen) atoms. The number of halogens is 7. The summed E-state index contributed by atoms with van der Waals surface area (Å²) in [7, 11) is -4.55. The van der Waals surface area contributed by atoms with E-state index in [0.29, 0.717) is 0 Å². The number of allylic oxidation sites excluding steroid dienone is 2. The van der Waals surface area contributed by atoms with E-state index < -0.39 is 89.5 Å². The molecule has 0 amide bonds. The Hall–Kier alpha value is -7.52. The first-order valence-electron chi connectivity index (χ1n) is 29.3. The minimum absolute atomic E-state index is 0.143. The quantitative estimate of drug-likeness (QED) is 0.0157. The van der Waals surface area contributed by atoms with Crippen molar-refractivity contribution in [1.82, 2.24) is 10.6 Å². The first-order chi connectivity index (χ1) is 40.9. The van der Waals surface area contributed by atoms with E-state index in [2.05, 4.69) is 63.5 Å². The number of hydrogen-bond donors (Lipinski definition) is 2. The van der Waals surface area contributed by atoms with Crippen LogP contribution in [0.15, 0.2) is 236 Å². The molecule has 7 aromatic carbocycles. The van der Waals surface area contributed by atoms with E-state index in [0.717, 1.165) is 86.6 Å². The molecule has 0 aromatic heterocycles. The van der Waals surface area contributed by atoms with Crippen LogP contribution in [0, 0.1) is 0 Å². The molecular weight excluding hydrogens is 1110 g/mol. The fourth-order valence-electron chi connectivity index (χ4n) is 11.5. The standard InChI is InChI=1S/C48H45F7N7P.C20H38N2/c1-63(2,3)48(61(54)44-35-21-9-22-36-44,62(55)45-37-23-10-24-38-45)46(56(49)39-25-11-4-12-26-39,57(50)40-27-13-5-14-28-40)47(58(51)41-29-15-6-16-30-41,59(52)42-31-17-7-18-32-42)60(53)43-33-19-8-20-34-43;1-6-9-16-21-19(4,5)14-10-11-17-22-20(8-3)15-12-13-18(20)7-2/h4-38,63H,1-3H3;12-13,15,21-22H,6-11,14,16-17H2,1-5H3. The number of nitrogens with one attached hydrogen (secondary N) is 2. The van der Waals surface area contributed by atoms with Crippen molar-refractivity contribution in [1.29, 1.82) is 0 Å². The summed E-state index contributed by atoms with van der Waals surface area (Å²) >= 11 is 0. The van der Waals surface area contributed by atoms with Crippen LogP contribution in [-0.4, -0.2) is 61.0 Å². The van der Waals surface area contributed by atoms with Gasteiger partial charge in [0, 0.05) is 5.54 Å². The van der Waals surface area contributed by atoms with Crippen LogP contribution < -0.4 is 46.5 Å². The van der Waals surface area contributed by atoms with Crippen LogP contribution >= 0.6 is 7.26 Å². The molecule has 17 heteroatoms. The molecule has 9 nitrogen and oxygen atoms in total. The third kappa shape index (κ3) is 13.2. The molecule has 0 fully saturated rings. The van der Waals surface area contributed by atoms with Gasteiger partial charge in [0.05, 0.1) is 5.54 Å². The first kappa shape index (κ1) is 65.0. The molecule has 0 spiro atoms. The van der Waals surface area contributed by atoms with Crippen LogP contribution in [0.5, 0.6) is 0 Å². The summed E-state index contributed by atoms with van der Waals surface area (Å²) in [6.07, 6.45) is 15.5. The number of benzene rings is 7. The summed E-state index contributed by atoms with van der Waals surface area (Å²) < 4.78 is 137. The molecule has 2 N–H and O–H groups in total. The third-order valence-electron chi connectivity index (χ3n) is 15.8. The summed E-state index contributed by atoms with van der Waals surface area (Å²) in [6, 6.07) is 45.4. The maximum absolute atomic E-state index is 19.9. The van der Waals surface area contributed by atoms with E-state index in [9.17, 15) is 0 Å². The summed E-state index contributed by atoms with van der Waals surface area (Å²) in [6.45, 7) is 17.8. The van der Waals surface area contributed by atoms with Crippen LogP contribution in [-0.2, 0) is 0 Å². The van der Waals surface area contributed by atoms with E-state index in [4.69, 9.17) is 0 Å². The van der Waals surface area contributed by atoms with Crippen molar-refractivity contribution >= 4 is 47.1 Å². The number of unbranched alkanes of at least 4 members (excludes halogenated alkanes) is 2. The molecule has 0 radical (unpaired) electrons. The second-order valence-corrected chi connectivity index (χ2v) is 28.0. The van der Waals surface area contributed by atoms with Gasteiger partial charge < -0.3 is 10.6 Å². The van der Waals surface area contributed by atoms with Gasteiger partial charge in [0.15, 0.2) is 0 Å². The number of para-hydroxylation sites is 7. The molecule has 1 aliphatic carbocycles. The molecule has 7 aromatic rings. The van der Waals surface area contributed by atoms with Gasteiger partial charge in [-0.2, -0.15) is 0 Å². The van der Waals surface area contributed by atoms with E-state index in [1.165, 1.54) is 209 Å². The second-order valence-electron chi connectivity index (χ2n) is 22.8. The van der Waals surface area contributed by atoms with Crippen molar-refractivity contribution in [2.24, 2.45) is 0 Å². The molecule has 0 aliphatic heterocycles. The molecule has 1 atom stereocenters. The Kier molecular flexibility index (Phi) is 22.2. The zero-order valence-corrected chi connectivity index (χ0v) is 51.1. The van der Waals surface area contributed by atoms with E-state index in [1.54, 1.807) is 0 Å². The zero-order chi connectivity index (χ0) is 61.3. The summed E-state index contributed by atoms with van der Waals surface area (Å²) in [4.78, 5) is 0. The molecule has 0 saturated carbocycles. The first-order valence-corrected chi connectivity index (χ1v) is 32.8. The van der Waals surface area contributed by atoms with E-state index in [1.807, 2.05) is 0 Å². The van der Waals surface area contributed by atoms with E-state index >= 15 is 31.4 Å². The molecule has 1 aliphatic rings. The average Bonchev–Trinajstić information content (AvgIpc) is 0.872. The van der Waals surface area contributed by atoms with Crippen molar-refractivity contribution in [2.75, 3.05) is 68.9 Å². The molecule has 8 rings (SSSR count). The average molecular weight is 1190 g/mol. The normalized spacial score (nSPS) is 14.6. The molecule has 0 bridgehead atoms. The zero-order valence-electron chi connectivity index (χ0n) is 50.1. The Bertz CT molecular complexity index is 2930. The molecule has 454 valence electrons. The van der Waals surface area contributed by atoms with Crippen LogP contribution in [0.3, 0.4) is 0 Å². The molecule has 0 saturated heterocycles. The third-order valence-corrected chi connectivity index (χ3v) is 18.7. The van der Waals surface area contributed by atoms with Crippen molar-refractivity contribution in [2.45, 2.75) is 107 Å². The van der Waals surface area contributed by atoms with Crippen molar-refractivity contribution in [3.05, 3.63) is 236 Å². The summed E-state index contributed by atoms with van der Waals surface area (Å²) in [5, 5.41) is 0.794. The predicted octanol–water partition coefficient (Wildman–Crippen LogP) is 18.3. The van der Waals surface area contributed by atoms with Gasteiger partial charge in [-0.1, -0.05) is 51.8 Å². The maximum atomic E-state index is 19.9. The van der Waals surface area contributed by atoms with Gasteiger partial charge in [-0.15, -0.1) is 0 Å².